The van der Waals surface area contributed by atoms with Gasteiger partial charge < -0.3 is 4.98 Å². The zero-order chi connectivity index (χ0) is 10.6. The van der Waals surface area contributed by atoms with Gasteiger partial charge in [-0.1, -0.05) is 0 Å². The van der Waals surface area contributed by atoms with Crippen molar-refractivity contribution in [2.45, 2.75) is 0 Å². The fourth-order valence-corrected chi connectivity index (χ4v) is 0.500. The summed E-state index contributed by atoms with van der Waals surface area (Å²) < 4.78 is 0. The quantitative estimate of drug-likeness (QED) is 0.452. The Bertz CT molecular complexity index is 247. The fourth-order valence-electron chi connectivity index (χ4n) is 0.500. The van der Waals surface area contributed by atoms with Crippen LogP contribution in [0.25, 0.3) is 0 Å². The van der Waals surface area contributed by atoms with E-state index in [0.717, 1.165) is 0 Å². The van der Waals surface area contributed by atoms with Crippen LogP contribution in [-0.2, 0) is 0 Å². The first-order valence-electron chi connectivity index (χ1n) is 3.87. The van der Waals surface area contributed by atoms with Gasteiger partial charge in [0.1, 0.15) is 38.0 Å². The standard InChI is InChI=1S/3C2H3N3/c3*1-3-2-5-4-1/h3*1-2H,(H,3,4,5). The van der Waals surface area contributed by atoms with Crippen LogP contribution in [0.15, 0.2) is 38.0 Å². The van der Waals surface area contributed by atoms with Crippen molar-refractivity contribution >= 4 is 0 Å². The molecule has 0 saturated heterocycles. The molecule has 0 aliphatic heterocycles. The topological polar surface area (TPSA) is 125 Å². The van der Waals surface area contributed by atoms with Crippen LogP contribution >= 0.6 is 0 Å². The third-order valence-electron chi connectivity index (χ3n) is 0.994. The van der Waals surface area contributed by atoms with Gasteiger partial charge in [0.25, 0.3) is 0 Å². The van der Waals surface area contributed by atoms with Crippen molar-refractivity contribution in [3.05, 3.63) is 38.0 Å². The van der Waals surface area contributed by atoms with E-state index in [9.17, 15) is 0 Å². The van der Waals surface area contributed by atoms with Crippen molar-refractivity contribution in [2.24, 2.45) is 0 Å². The number of nitrogens with one attached hydrogen (secondary N) is 3. The van der Waals surface area contributed by atoms with Gasteiger partial charge in [-0.2, -0.15) is 10.2 Å². The minimum atomic E-state index is 1.44. The van der Waals surface area contributed by atoms with Gasteiger partial charge in [0, 0.05) is 0 Å². The van der Waals surface area contributed by atoms with Crippen LogP contribution in [0, 0.1) is 0 Å². The molecule has 3 N–H and O–H groups in total. The Morgan fingerprint density at radius 1 is 0.667 bits per heavy atom. The molecule has 78 valence electrons. The summed E-state index contributed by atoms with van der Waals surface area (Å²) in [7, 11) is 0. The zero-order valence-electron chi connectivity index (χ0n) is 7.65. The summed E-state index contributed by atoms with van der Waals surface area (Å²) in [4.78, 5) is 9.75. The molecule has 3 aromatic rings. The number of aromatic nitrogens is 9. The van der Waals surface area contributed by atoms with Crippen LogP contribution in [0.3, 0.4) is 0 Å². The first-order chi connectivity index (χ1) is 7.50. The van der Waals surface area contributed by atoms with Gasteiger partial charge in [-0.05, 0) is 0 Å². The lowest BCUT2D eigenvalue weighted by Crippen LogP contribution is -1.53. The molecule has 9 heteroatoms. The van der Waals surface area contributed by atoms with Gasteiger partial charge in [-0.15, -0.1) is 10.2 Å². The Morgan fingerprint density at radius 3 is 1.33 bits per heavy atom. The van der Waals surface area contributed by atoms with Gasteiger partial charge in [0.15, 0.2) is 0 Å². The van der Waals surface area contributed by atoms with E-state index in [0.29, 0.717) is 0 Å². The van der Waals surface area contributed by atoms with Crippen molar-refractivity contribution in [1.82, 2.24) is 45.5 Å². The summed E-state index contributed by atoms with van der Waals surface area (Å²) in [5.41, 5.74) is 0. The molecular weight excluding hydrogens is 198 g/mol. The normalized spacial score (nSPS) is 8.00. The van der Waals surface area contributed by atoms with Crippen LogP contribution in [0.5, 0.6) is 0 Å². The summed E-state index contributed by atoms with van der Waals surface area (Å²) in [6.45, 7) is 0. The van der Waals surface area contributed by atoms with Gasteiger partial charge >= 0.3 is 0 Å². The fraction of sp³-hybridized carbons (Fsp3) is 0. The van der Waals surface area contributed by atoms with Crippen LogP contribution in [0.2, 0.25) is 0 Å². The number of hydrogen-bond acceptors (Lipinski definition) is 6. The lowest BCUT2D eigenvalue weighted by atomic mass is 11.3. The van der Waals surface area contributed by atoms with Crippen LogP contribution in [0.1, 0.15) is 0 Å². The molecule has 0 aliphatic rings. The summed E-state index contributed by atoms with van der Waals surface area (Å²) >= 11 is 0. The molecule has 0 fully saturated rings. The zero-order valence-corrected chi connectivity index (χ0v) is 7.65. The second-order valence-corrected chi connectivity index (χ2v) is 1.96. The van der Waals surface area contributed by atoms with Gasteiger partial charge in [-0.3, -0.25) is 10.2 Å². The first kappa shape index (κ1) is 10.5. The van der Waals surface area contributed by atoms with E-state index in [1.807, 2.05) is 0 Å². The highest BCUT2D eigenvalue weighted by Gasteiger charge is 1.58. The lowest BCUT2D eigenvalue weighted by Gasteiger charge is -1.46. The number of aromatic amines is 3. The Balaban J connectivity index is 0.000000112. The Morgan fingerprint density at radius 2 is 1.20 bits per heavy atom. The van der Waals surface area contributed by atoms with Crippen LogP contribution in [0.4, 0.5) is 0 Å². The SMILES string of the molecule is c1nc[nH]n1.c1nc[nH]n1.c1nnc[nH]1. The number of nitrogens with zero attached hydrogens (tertiary/aromatic N) is 6. The minimum absolute atomic E-state index is 1.44. The predicted octanol–water partition coefficient (Wildman–Crippen LogP) is -0.586. The maximum Gasteiger partial charge on any atom is 0.137 e. The van der Waals surface area contributed by atoms with E-state index in [1.165, 1.54) is 38.0 Å². The molecule has 0 saturated carbocycles. The minimum Gasteiger partial charge on any atom is -0.334 e. The molecule has 0 bridgehead atoms. The van der Waals surface area contributed by atoms with E-state index in [1.54, 1.807) is 0 Å². The third-order valence-corrected chi connectivity index (χ3v) is 0.994. The van der Waals surface area contributed by atoms with Crippen molar-refractivity contribution in [3.63, 3.8) is 0 Å². The van der Waals surface area contributed by atoms with Crippen LogP contribution in [-0.4, -0.2) is 45.5 Å². The van der Waals surface area contributed by atoms with E-state index >= 15 is 0 Å². The molecule has 3 heterocycles. The molecule has 0 unspecified atom stereocenters. The molecule has 0 radical (unpaired) electrons. The molecule has 15 heavy (non-hydrogen) atoms. The summed E-state index contributed by atoms with van der Waals surface area (Å²) in [6.07, 6.45) is 8.94. The second-order valence-electron chi connectivity index (χ2n) is 1.96. The molecule has 0 amide bonds. The highest BCUT2D eigenvalue weighted by atomic mass is 15.2. The van der Waals surface area contributed by atoms with Crippen molar-refractivity contribution in [3.8, 4) is 0 Å². The monoisotopic (exact) mass is 207 g/mol. The Labute approximate surface area is 84.4 Å². The van der Waals surface area contributed by atoms with Crippen molar-refractivity contribution in [1.29, 1.82) is 0 Å². The number of hydrogen-bond donors (Lipinski definition) is 3. The summed E-state index contributed by atoms with van der Waals surface area (Å²) in [5, 5.41) is 18.8. The van der Waals surface area contributed by atoms with Gasteiger partial charge in [0.05, 0.1) is 0 Å². The maximum atomic E-state index is 3.56. The molecule has 3 rings (SSSR count). The smallest absolute Gasteiger partial charge is 0.137 e. The summed E-state index contributed by atoms with van der Waals surface area (Å²) in [6, 6.07) is 0. The molecular formula is C6H9N9. The highest BCUT2D eigenvalue weighted by molar-refractivity contribution is 4.44. The lowest BCUT2D eigenvalue weighted by molar-refractivity contribution is 1.09. The average Bonchev–Trinajstić information content (AvgIpc) is 3.09. The Kier molecular flexibility index (Phi) is 5.63. The predicted molar refractivity (Wildman–Crippen MR) is 49.1 cm³/mol. The molecule has 9 nitrogen and oxygen atoms in total. The molecule has 0 aromatic carbocycles. The van der Waals surface area contributed by atoms with Crippen molar-refractivity contribution < 1.29 is 0 Å². The number of rotatable bonds is 0. The van der Waals surface area contributed by atoms with E-state index in [-0.39, 0.29) is 0 Å². The molecule has 0 aliphatic carbocycles. The largest absolute Gasteiger partial charge is 0.334 e. The molecule has 0 atom stereocenters. The van der Waals surface area contributed by atoms with E-state index < -0.39 is 0 Å². The first-order valence-corrected chi connectivity index (χ1v) is 3.87. The Hall–Kier alpha value is -2.58. The number of H-pyrrole nitrogens is 3. The molecule has 0 spiro atoms. The van der Waals surface area contributed by atoms with E-state index in [2.05, 4.69) is 45.5 Å². The average molecular weight is 207 g/mol. The van der Waals surface area contributed by atoms with E-state index in [4.69, 9.17) is 0 Å². The third kappa shape index (κ3) is 6.57. The highest BCUT2D eigenvalue weighted by Crippen LogP contribution is 1.54. The molecule has 3 aromatic heterocycles. The van der Waals surface area contributed by atoms with Crippen LogP contribution < -0.4 is 0 Å². The summed E-state index contributed by atoms with van der Waals surface area (Å²) in [5.74, 6) is 0. The van der Waals surface area contributed by atoms with Gasteiger partial charge in [0.2, 0.25) is 0 Å². The van der Waals surface area contributed by atoms with Crippen molar-refractivity contribution in [2.75, 3.05) is 0 Å². The maximum absolute atomic E-state index is 3.56. The van der Waals surface area contributed by atoms with Gasteiger partial charge in [-0.25, -0.2) is 9.97 Å². The second kappa shape index (κ2) is 8.04.